The minimum atomic E-state index is -0.708. The number of carboxylic acid groups (broad SMARTS) is 1. The zero-order valence-electron chi connectivity index (χ0n) is 10.5. The molecule has 0 radical (unpaired) electrons. The first-order valence-electron chi connectivity index (χ1n) is 6.59. The topological polar surface area (TPSA) is 46.5 Å². The van der Waals surface area contributed by atoms with E-state index in [1.807, 2.05) is 18.2 Å². The molecule has 2 aliphatic rings. The summed E-state index contributed by atoms with van der Waals surface area (Å²) < 4.78 is 6.07. The molecule has 0 amide bonds. The normalized spacial score (nSPS) is 35.6. The van der Waals surface area contributed by atoms with Crippen molar-refractivity contribution >= 4 is 5.97 Å². The Bertz CT molecular complexity index is 456. The third kappa shape index (κ3) is 1.57. The highest BCUT2D eigenvalue weighted by molar-refractivity contribution is 5.72. The van der Waals surface area contributed by atoms with Crippen molar-refractivity contribution in [2.75, 3.05) is 0 Å². The Kier molecular flexibility index (Phi) is 2.67. The Hall–Kier alpha value is -1.35. The third-order valence-electron chi connectivity index (χ3n) is 4.66. The summed E-state index contributed by atoms with van der Waals surface area (Å²) in [6, 6.07) is 10.1. The van der Waals surface area contributed by atoms with Gasteiger partial charge < -0.3 is 9.84 Å². The lowest BCUT2D eigenvalue weighted by Gasteiger charge is -2.36. The highest BCUT2D eigenvalue weighted by atomic mass is 16.5. The van der Waals surface area contributed by atoms with Gasteiger partial charge in [0.15, 0.2) is 0 Å². The van der Waals surface area contributed by atoms with Gasteiger partial charge in [0.05, 0.1) is 17.6 Å². The van der Waals surface area contributed by atoms with Gasteiger partial charge >= 0.3 is 5.97 Å². The van der Waals surface area contributed by atoms with Gasteiger partial charge in [-0.15, -0.1) is 0 Å². The smallest absolute Gasteiger partial charge is 0.309 e. The zero-order chi connectivity index (χ0) is 12.8. The molecule has 2 aliphatic heterocycles. The molecule has 3 heteroatoms. The molecule has 0 aliphatic carbocycles. The molecule has 0 spiro atoms. The number of aliphatic carboxylic acids is 1. The first kappa shape index (κ1) is 11.7. The summed E-state index contributed by atoms with van der Waals surface area (Å²) in [5.74, 6) is -0.932. The van der Waals surface area contributed by atoms with Gasteiger partial charge in [0.2, 0.25) is 0 Å². The summed E-state index contributed by atoms with van der Waals surface area (Å²) in [5, 5.41) is 9.42. The summed E-state index contributed by atoms with van der Waals surface area (Å²) in [6.45, 7) is 2.10. The molecule has 3 nitrogen and oxygen atoms in total. The fraction of sp³-hybridized carbons (Fsp3) is 0.533. The molecule has 0 aromatic heterocycles. The van der Waals surface area contributed by atoms with Gasteiger partial charge in [-0.3, -0.25) is 4.79 Å². The second kappa shape index (κ2) is 4.09. The quantitative estimate of drug-likeness (QED) is 0.892. The number of benzene rings is 1. The molecule has 1 aromatic rings. The summed E-state index contributed by atoms with van der Waals surface area (Å²) in [5.41, 5.74) is 0.684. The van der Waals surface area contributed by atoms with E-state index in [1.54, 1.807) is 0 Å². The molecule has 2 fully saturated rings. The Morgan fingerprint density at radius 1 is 1.44 bits per heavy atom. The monoisotopic (exact) mass is 246 g/mol. The van der Waals surface area contributed by atoms with E-state index in [4.69, 9.17) is 4.74 Å². The molecule has 1 N–H and O–H groups in total. The molecule has 3 rings (SSSR count). The Balaban J connectivity index is 1.96. The average molecular weight is 246 g/mol. The van der Waals surface area contributed by atoms with Crippen LogP contribution in [-0.2, 0) is 9.53 Å². The lowest BCUT2D eigenvalue weighted by atomic mass is 9.69. The van der Waals surface area contributed by atoms with Crippen LogP contribution in [0.5, 0.6) is 0 Å². The third-order valence-corrected chi connectivity index (χ3v) is 4.66. The van der Waals surface area contributed by atoms with Crippen molar-refractivity contribution in [3.05, 3.63) is 35.9 Å². The summed E-state index contributed by atoms with van der Waals surface area (Å²) in [6.07, 6.45) is 2.69. The van der Waals surface area contributed by atoms with E-state index in [0.29, 0.717) is 6.42 Å². The number of carboxylic acids is 1. The largest absolute Gasteiger partial charge is 0.481 e. The highest BCUT2D eigenvalue weighted by Gasteiger charge is 2.59. The Morgan fingerprint density at radius 2 is 2.17 bits per heavy atom. The maximum Gasteiger partial charge on any atom is 0.309 e. The number of rotatable bonds is 3. The SMILES string of the molecule is C[C@H](c1ccccc1)[C@@]12CC[C@H](C[C@H]1C(=O)O)O2. The molecule has 0 unspecified atom stereocenters. The van der Waals surface area contributed by atoms with Gasteiger partial charge in [-0.25, -0.2) is 0 Å². The van der Waals surface area contributed by atoms with Crippen molar-refractivity contribution in [1.82, 2.24) is 0 Å². The van der Waals surface area contributed by atoms with Crippen LogP contribution in [0.25, 0.3) is 0 Å². The molecule has 18 heavy (non-hydrogen) atoms. The van der Waals surface area contributed by atoms with Crippen LogP contribution in [0, 0.1) is 5.92 Å². The van der Waals surface area contributed by atoms with Gasteiger partial charge in [0.1, 0.15) is 0 Å². The van der Waals surface area contributed by atoms with Crippen LogP contribution >= 0.6 is 0 Å². The van der Waals surface area contributed by atoms with Gasteiger partial charge in [-0.05, 0) is 24.8 Å². The van der Waals surface area contributed by atoms with Crippen molar-refractivity contribution in [3.63, 3.8) is 0 Å². The highest BCUT2D eigenvalue weighted by Crippen LogP contribution is 2.54. The second-order valence-corrected chi connectivity index (χ2v) is 5.49. The van der Waals surface area contributed by atoms with Gasteiger partial charge in [0, 0.05) is 5.92 Å². The van der Waals surface area contributed by atoms with Crippen LogP contribution in [0.1, 0.15) is 37.7 Å². The maximum atomic E-state index is 11.5. The standard InChI is InChI=1S/C15H18O3/c1-10(11-5-3-2-4-6-11)15-8-7-12(18-15)9-13(15)14(16)17/h2-6,10,12-13H,7-9H2,1H3,(H,16,17)/t10-,12-,13+,15+/m1/s1. The first-order chi connectivity index (χ1) is 8.63. The summed E-state index contributed by atoms with van der Waals surface area (Å²) >= 11 is 0. The Morgan fingerprint density at radius 3 is 2.78 bits per heavy atom. The van der Waals surface area contributed by atoms with E-state index in [0.717, 1.165) is 12.8 Å². The van der Waals surface area contributed by atoms with Crippen molar-refractivity contribution in [1.29, 1.82) is 0 Å². The maximum absolute atomic E-state index is 11.5. The number of carbonyl (C=O) groups is 1. The first-order valence-corrected chi connectivity index (χ1v) is 6.59. The van der Waals surface area contributed by atoms with Crippen molar-refractivity contribution in [2.45, 2.75) is 43.8 Å². The summed E-state index contributed by atoms with van der Waals surface area (Å²) in [4.78, 5) is 11.5. The minimum Gasteiger partial charge on any atom is -0.481 e. The molecular formula is C15H18O3. The Labute approximate surface area is 107 Å². The van der Waals surface area contributed by atoms with Gasteiger partial charge in [-0.2, -0.15) is 0 Å². The number of ether oxygens (including phenoxy) is 1. The van der Waals surface area contributed by atoms with E-state index in [1.165, 1.54) is 5.56 Å². The van der Waals surface area contributed by atoms with Gasteiger partial charge in [-0.1, -0.05) is 37.3 Å². The van der Waals surface area contributed by atoms with E-state index < -0.39 is 11.6 Å². The van der Waals surface area contributed by atoms with E-state index in [-0.39, 0.29) is 17.9 Å². The van der Waals surface area contributed by atoms with Crippen LogP contribution in [0.2, 0.25) is 0 Å². The molecule has 96 valence electrons. The second-order valence-electron chi connectivity index (χ2n) is 5.49. The molecule has 4 atom stereocenters. The van der Waals surface area contributed by atoms with E-state index in [9.17, 15) is 9.90 Å². The molecule has 2 saturated heterocycles. The summed E-state index contributed by atoms with van der Waals surface area (Å²) in [7, 11) is 0. The van der Waals surface area contributed by atoms with Crippen LogP contribution in [0.15, 0.2) is 30.3 Å². The molecule has 2 heterocycles. The number of hydrogen-bond donors (Lipinski definition) is 1. The van der Waals surface area contributed by atoms with E-state index >= 15 is 0 Å². The minimum absolute atomic E-state index is 0.132. The number of fused-ring (bicyclic) bond motifs is 2. The molecule has 1 aromatic carbocycles. The predicted molar refractivity (Wildman–Crippen MR) is 67.4 cm³/mol. The predicted octanol–water partition coefficient (Wildman–Crippen LogP) is 2.81. The van der Waals surface area contributed by atoms with Crippen molar-refractivity contribution < 1.29 is 14.6 Å². The van der Waals surface area contributed by atoms with Crippen LogP contribution in [-0.4, -0.2) is 22.8 Å². The van der Waals surface area contributed by atoms with Crippen molar-refractivity contribution in [3.8, 4) is 0 Å². The lowest BCUT2D eigenvalue weighted by Crippen LogP contribution is -2.43. The fourth-order valence-corrected chi connectivity index (χ4v) is 3.65. The van der Waals surface area contributed by atoms with Crippen LogP contribution < -0.4 is 0 Å². The fourth-order valence-electron chi connectivity index (χ4n) is 3.65. The zero-order valence-corrected chi connectivity index (χ0v) is 10.5. The average Bonchev–Trinajstić information content (AvgIpc) is 2.98. The molecular weight excluding hydrogens is 228 g/mol. The lowest BCUT2D eigenvalue weighted by molar-refractivity contribution is -0.148. The van der Waals surface area contributed by atoms with Crippen LogP contribution in [0.4, 0.5) is 0 Å². The number of hydrogen-bond acceptors (Lipinski definition) is 2. The molecule has 2 bridgehead atoms. The van der Waals surface area contributed by atoms with Crippen molar-refractivity contribution in [2.24, 2.45) is 5.92 Å². The van der Waals surface area contributed by atoms with Gasteiger partial charge in [0.25, 0.3) is 0 Å². The van der Waals surface area contributed by atoms with Crippen LogP contribution in [0.3, 0.4) is 0 Å². The molecule has 0 saturated carbocycles. The van der Waals surface area contributed by atoms with E-state index in [2.05, 4.69) is 19.1 Å².